The molecule has 0 aliphatic carbocycles. The van der Waals surface area contributed by atoms with Gasteiger partial charge in [0.2, 0.25) is 0 Å². The Morgan fingerprint density at radius 1 is 1.30 bits per heavy atom. The van der Waals surface area contributed by atoms with E-state index in [1.807, 2.05) is 12.1 Å². The number of hydrogen-bond donors (Lipinski definition) is 1. The third-order valence-electron chi connectivity index (χ3n) is 3.66. The summed E-state index contributed by atoms with van der Waals surface area (Å²) in [5.74, 6) is 0.546. The van der Waals surface area contributed by atoms with E-state index in [0.717, 1.165) is 22.0 Å². The molecule has 0 radical (unpaired) electrons. The summed E-state index contributed by atoms with van der Waals surface area (Å²) in [5, 5.41) is 1.16. The molecule has 1 aromatic heterocycles. The standard InChI is InChI=1S/C16H24BrN3O2S/c1-12(2)10-20-11-13(8-9-18-23(21,22)19(3)4)16-14(17)6-5-7-15(16)20/h5-7,11-12,18H,8-10H2,1-4H3. The first-order valence-electron chi connectivity index (χ1n) is 7.65. The quantitative estimate of drug-likeness (QED) is 0.774. The molecule has 0 atom stereocenters. The van der Waals surface area contributed by atoms with E-state index in [2.05, 4.69) is 51.3 Å². The van der Waals surface area contributed by atoms with Gasteiger partial charge >= 0.3 is 0 Å². The van der Waals surface area contributed by atoms with Crippen molar-refractivity contribution in [3.8, 4) is 0 Å². The number of fused-ring (bicyclic) bond motifs is 1. The SMILES string of the molecule is CC(C)Cn1cc(CCNS(=O)(=O)N(C)C)c2c(Br)cccc21. The van der Waals surface area contributed by atoms with Crippen molar-refractivity contribution in [2.24, 2.45) is 5.92 Å². The molecule has 0 saturated heterocycles. The van der Waals surface area contributed by atoms with Gasteiger partial charge < -0.3 is 4.57 Å². The Morgan fingerprint density at radius 3 is 2.61 bits per heavy atom. The summed E-state index contributed by atoms with van der Waals surface area (Å²) < 4.78 is 30.7. The Bertz CT molecular complexity index is 782. The number of aromatic nitrogens is 1. The van der Waals surface area contributed by atoms with E-state index < -0.39 is 10.2 Å². The van der Waals surface area contributed by atoms with Crippen LogP contribution in [0.25, 0.3) is 10.9 Å². The zero-order valence-corrected chi connectivity index (χ0v) is 16.4. The van der Waals surface area contributed by atoms with Gasteiger partial charge in [0.1, 0.15) is 0 Å². The van der Waals surface area contributed by atoms with E-state index >= 15 is 0 Å². The molecular formula is C16H24BrN3O2S. The van der Waals surface area contributed by atoms with Crippen LogP contribution in [-0.4, -0.2) is 37.9 Å². The van der Waals surface area contributed by atoms with E-state index in [-0.39, 0.29) is 0 Å². The zero-order valence-electron chi connectivity index (χ0n) is 14.0. The van der Waals surface area contributed by atoms with Crippen LogP contribution in [0.15, 0.2) is 28.9 Å². The molecule has 23 heavy (non-hydrogen) atoms. The minimum Gasteiger partial charge on any atom is -0.347 e. The molecule has 1 aromatic carbocycles. The van der Waals surface area contributed by atoms with Crippen LogP contribution >= 0.6 is 15.9 Å². The highest BCUT2D eigenvalue weighted by atomic mass is 79.9. The smallest absolute Gasteiger partial charge is 0.278 e. The molecule has 1 heterocycles. The topological polar surface area (TPSA) is 54.3 Å². The predicted octanol–water partition coefficient (Wildman–Crippen LogP) is 3.00. The van der Waals surface area contributed by atoms with Crippen LogP contribution in [0, 0.1) is 5.92 Å². The van der Waals surface area contributed by atoms with E-state index in [9.17, 15) is 8.42 Å². The lowest BCUT2D eigenvalue weighted by molar-refractivity contribution is 0.506. The van der Waals surface area contributed by atoms with E-state index in [1.54, 1.807) is 0 Å². The summed E-state index contributed by atoms with van der Waals surface area (Å²) >= 11 is 3.62. The third-order valence-corrected chi connectivity index (χ3v) is 5.85. The monoisotopic (exact) mass is 401 g/mol. The average molecular weight is 402 g/mol. The maximum Gasteiger partial charge on any atom is 0.278 e. The molecule has 128 valence electrons. The summed E-state index contributed by atoms with van der Waals surface area (Å²) in [7, 11) is -0.337. The highest BCUT2D eigenvalue weighted by Gasteiger charge is 2.15. The van der Waals surface area contributed by atoms with Gasteiger partial charge in [0.05, 0.1) is 0 Å². The van der Waals surface area contributed by atoms with E-state index in [0.29, 0.717) is 18.9 Å². The number of nitrogens with zero attached hydrogens (tertiary/aromatic N) is 2. The Labute approximate surface area is 147 Å². The fraction of sp³-hybridized carbons (Fsp3) is 0.500. The third kappa shape index (κ3) is 4.35. The predicted molar refractivity (Wildman–Crippen MR) is 98.8 cm³/mol. The molecule has 2 aromatic rings. The average Bonchev–Trinajstić information content (AvgIpc) is 2.77. The van der Waals surface area contributed by atoms with E-state index in [4.69, 9.17) is 0 Å². The largest absolute Gasteiger partial charge is 0.347 e. The van der Waals surface area contributed by atoms with Gasteiger partial charge in [-0.15, -0.1) is 0 Å². The number of nitrogens with one attached hydrogen (secondary N) is 1. The Balaban J connectivity index is 2.27. The summed E-state index contributed by atoms with van der Waals surface area (Å²) in [6.07, 6.45) is 2.79. The molecule has 0 saturated carbocycles. The van der Waals surface area contributed by atoms with Crippen LogP contribution < -0.4 is 4.72 Å². The second-order valence-electron chi connectivity index (χ2n) is 6.27. The molecule has 7 heteroatoms. The van der Waals surface area contributed by atoms with Gasteiger partial charge in [-0.1, -0.05) is 35.8 Å². The molecule has 2 rings (SSSR count). The second kappa shape index (κ2) is 7.34. The van der Waals surface area contributed by atoms with Gasteiger partial charge in [0.15, 0.2) is 0 Å². The molecule has 0 spiro atoms. The lowest BCUT2D eigenvalue weighted by Crippen LogP contribution is -2.36. The van der Waals surface area contributed by atoms with E-state index in [1.165, 1.54) is 23.9 Å². The Hall–Kier alpha value is -0.890. The molecule has 0 aliphatic heterocycles. The first-order valence-corrected chi connectivity index (χ1v) is 9.89. The molecule has 5 nitrogen and oxygen atoms in total. The van der Waals surface area contributed by atoms with Crippen LogP contribution in [0.4, 0.5) is 0 Å². The van der Waals surface area contributed by atoms with Crippen molar-refractivity contribution in [2.75, 3.05) is 20.6 Å². The van der Waals surface area contributed by atoms with Crippen molar-refractivity contribution >= 4 is 37.0 Å². The Kier molecular flexibility index (Phi) is 5.89. The molecule has 0 unspecified atom stereocenters. The maximum absolute atomic E-state index is 11.8. The van der Waals surface area contributed by atoms with Crippen molar-refractivity contribution < 1.29 is 8.42 Å². The van der Waals surface area contributed by atoms with Crippen molar-refractivity contribution in [2.45, 2.75) is 26.8 Å². The highest BCUT2D eigenvalue weighted by Crippen LogP contribution is 2.30. The number of rotatable bonds is 7. The van der Waals surface area contributed by atoms with Crippen LogP contribution in [0.3, 0.4) is 0 Å². The lowest BCUT2D eigenvalue weighted by atomic mass is 10.1. The number of halogens is 1. The molecule has 1 N–H and O–H groups in total. The van der Waals surface area contributed by atoms with Gasteiger partial charge in [-0.25, -0.2) is 4.72 Å². The van der Waals surface area contributed by atoms with Gasteiger partial charge in [-0.3, -0.25) is 0 Å². The highest BCUT2D eigenvalue weighted by molar-refractivity contribution is 9.10. The fourth-order valence-corrected chi connectivity index (χ4v) is 3.80. The molecule has 0 amide bonds. The molecule has 0 bridgehead atoms. The summed E-state index contributed by atoms with van der Waals surface area (Å²) in [4.78, 5) is 0. The van der Waals surface area contributed by atoms with Crippen LogP contribution in [0.5, 0.6) is 0 Å². The van der Waals surface area contributed by atoms with Gasteiger partial charge in [-0.2, -0.15) is 12.7 Å². The zero-order chi connectivity index (χ0) is 17.2. The molecule has 0 fully saturated rings. The molecule has 0 aliphatic rings. The fourth-order valence-electron chi connectivity index (χ4n) is 2.57. The minimum atomic E-state index is -3.38. The van der Waals surface area contributed by atoms with Crippen LogP contribution in [0.1, 0.15) is 19.4 Å². The summed E-state index contributed by atoms with van der Waals surface area (Å²) in [6.45, 7) is 5.70. The second-order valence-corrected chi connectivity index (χ2v) is 9.09. The lowest BCUT2D eigenvalue weighted by Gasteiger charge is -2.12. The first kappa shape index (κ1) is 18.4. The van der Waals surface area contributed by atoms with Crippen LogP contribution in [0.2, 0.25) is 0 Å². The van der Waals surface area contributed by atoms with Gasteiger partial charge in [0.25, 0.3) is 10.2 Å². The van der Waals surface area contributed by atoms with Crippen molar-refractivity contribution in [3.63, 3.8) is 0 Å². The summed E-state index contributed by atoms with van der Waals surface area (Å²) in [5.41, 5.74) is 2.33. The molecular weight excluding hydrogens is 378 g/mol. The summed E-state index contributed by atoms with van der Waals surface area (Å²) in [6, 6.07) is 6.16. The van der Waals surface area contributed by atoms with Crippen LogP contribution in [-0.2, 0) is 23.2 Å². The van der Waals surface area contributed by atoms with Crippen molar-refractivity contribution in [3.05, 3.63) is 34.4 Å². The minimum absolute atomic E-state index is 0.378. The maximum atomic E-state index is 11.8. The Morgan fingerprint density at radius 2 is 2.00 bits per heavy atom. The van der Waals surface area contributed by atoms with Crippen molar-refractivity contribution in [1.82, 2.24) is 13.6 Å². The van der Waals surface area contributed by atoms with Gasteiger partial charge in [0, 0.05) is 48.8 Å². The normalized spacial score (nSPS) is 12.7. The van der Waals surface area contributed by atoms with Gasteiger partial charge in [-0.05, 0) is 30.0 Å². The number of hydrogen-bond acceptors (Lipinski definition) is 2. The van der Waals surface area contributed by atoms with Crippen molar-refractivity contribution in [1.29, 1.82) is 0 Å². The number of benzene rings is 1. The first-order chi connectivity index (χ1) is 10.7.